The van der Waals surface area contributed by atoms with Gasteiger partial charge < -0.3 is 5.32 Å². The lowest BCUT2D eigenvalue weighted by molar-refractivity contribution is 0.450. The van der Waals surface area contributed by atoms with Crippen molar-refractivity contribution >= 4 is 16.9 Å². The molecule has 0 bridgehead atoms. The molecular formula is C15H26N2S. The number of rotatable bonds is 1. The molecule has 2 atom stereocenters. The van der Waals surface area contributed by atoms with E-state index in [1.165, 1.54) is 68.7 Å². The van der Waals surface area contributed by atoms with Crippen molar-refractivity contribution in [3.05, 3.63) is 0 Å². The summed E-state index contributed by atoms with van der Waals surface area (Å²) in [5, 5.41) is 5.02. The molecule has 0 aromatic heterocycles. The lowest BCUT2D eigenvalue weighted by Crippen LogP contribution is -2.40. The van der Waals surface area contributed by atoms with E-state index in [2.05, 4.69) is 12.2 Å². The molecule has 3 rings (SSSR count). The Balaban J connectivity index is 1.59. The minimum absolute atomic E-state index is 0.432. The fourth-order valence-corrected chi connectivity index (χ4v) is 4.94. The number of thioether (sulfide) groups is 1. The molecule has 0 radical (unpaired) electrons. The van der Waals surface area contributed by atoms with Crippen LogP contribution in [0.2, 0.25) is 0 Å². The fourth-order valence-electron chi connectivity index (χ4n) is 3.66. The van der Waals surface area contributed by atoms with E-state index in [1.54, 1.807) is 0 Å². The number of hydrogen-bond donors (Lipinski definition) is 1. The van der Waals surface area contributed by atoms with Crippen LogP contribution in [0.3, 0.4) is 0 Å². The van der Waals surface area contributed by atoms with Gasteiger partial charge in [-0.1, -0.05) is 44.4 Å². The first-order chi connectivity index (χ1) is 8.76. The van der Waals surface area contributed by atoms with Crippen LogP contribution >= 0.6 is 11.8 Å². The molecule has 18 heavy (non-hydrogen) atoms. The van der Waals surface area contributed by atoms with E-state index in [4.69, 9.17) is 4.99 Å². The van der Waals surface area contributed by atoms with Gasteiger partial charge in [-0.2, -0.15) is 0 Å². The lowest BCUT2D eigenvalue weighted by Gasteiger charge is -2.22. The maximum absolute atomic E-state index is 5.02. The molecule has 1 aliphatic heterocycles. The van der Waals surface area contributed by atoms with Crippen LogP contribution in [-0.2, 0) is 0 Å². The van der Waals surface area contributed by atoms with E-state index < -0.39 is 0 Å². The first-order valence-corrected chi connectivity index (χ1v) is 8.73. The quantitative estimate of drug-likeness (QED) is 0.726. The SMILES string of the molecule is CC1CCCC(N=C2NC3(CCCC3)CS2)CC1. The highest BCUT2D eigenvalue weighted by Crippen LogP contribution is 2.38. The summed E-state index contributed by atoms with van der Waals surface area (Å²) in [6.45, 7) is 2.39. The highest BCUT2D eigenvalue weighted by atomic mass is 32.2. The van der Waals surface area contributed by atoms with Gasteiger partial charge in [0.15, 0.2) is 5.17 Å². The molecule has 0 aromatic carbocycles. The summed E-state index contributed by atoms with van der Waals surface area (Å²) in [6.07, 6.45) is 12.3. The summed E-state index contributed by atoms with van der Waals surface area (Å²) >= 11 is 1.98. The maximum Gasteiger partial charge on any atom is 0.157 e. The van der Waals surface area contributed by atoms with Gasteiger partial charge in [0.25, 0.3) is 0 Å². The van der Waals surface area contributed by atoms with E-state index >= 15 is 0 Å². The van der Waals surface area contributed by atoms with Crippen LogP contribution in [0, 0.1) is 5.92 Å². The average Bonchev–Trinajstić information content (AvgIpc) is 2.92. The Labute approximate surface area is 115 Å². The zero-order chi connectivity index (χ0) is 12.4. The van der Waals surface area contributed by atoms with Gasteiger partial charge in [-0.25, -0.2) is 0 Å². The lowest BCUT2D eigenvalue weighted by atomic mass is 10.0. The van der Waals surface area contributed by atoms with Crippen molar-refractivity contribution in [2.75, 3.05) is 5.75 Å². The predicted octanol–water partition coefficient (Wildman–Crippen LogP) is 3.96. The van der Waals surface area contributed by atoms with Crippen molar-refractivity contribution < 1.29 is 0 Å². The summed E-state index contributed by atoms with van der Waals surface area (Å²) < 4.78 is 0. The third-order valence-electron chi connectivity index (χ3n) is 4.94. The number of hydrogen-bond acceptors (Lipinski definition) is 2. The molecule has 2 aliphatic carbocycles. The molecule has 0 amide bonds. The second-order valence-electron chi connectivity index (χ2n) is 6.60. The molecule has 1 spiro atoms. The van der Waals surface area contributed by atoms with Crippen LogP contribution in [0.1, 0.15) is 64.7 Å². The Bertz CT molecular complexity index is 320. The van der Waals surface area contributed by atoms with E-state index in [0.717, 1.165) is 5.92 Å². The molecule has 102 valence electrons. The second kappa shape index (κ2) is 5.44. The smallest absolute Gasteiger partial charge is 0.157 e. The van der Waals surface area contributed by atoms with E-state index in [9.17, 15) is 0 Å². The number of nitrogens with zero attached hydrogens (tertiary/aromatic N) is 1. The number of nitrogens with one attached hydrogen (secondary N) is 1. The molecule has 2 nitrogen and oxygen atoms in total. The Kier molecular flexibility index (Phi) is 3.88. The summed E-state index contributed by atoms with van der Waals surface area (Å²) in [6, 6.07) is 0.599. The first-order valence-electron chi connectivity index (χ1n) is 7.75. The fraction of sp³-hybridized carbons (Fsp3) is 0.933. The van der Waals surface area contributed by atoms with Gasteiger partial charge in [0.2, 0.25) is 0 Å². The van der Waals surface area contributed by atoms with Gasteiger partial charge in [-0.05, 0) is 38.0 Å². The highest BCUT2D eigenvalue weighted by Gasteiger charge is 2.39. The van der Waals surface area contributed by atoms with Crippen molar-refractivity contribution in [1.82, 2.24) is 5.32 Å². The Hall–Kier alpha value is -0.180. The van der Waals surface area contributed by atoms with E-state index in [0.29, 0.717) is 11.6 Å². The van der Waals surface area contributed by atoms with Crippen LogP contribution < -0.4 is 5.32 Å². The summed E-state index contributed by atoms with van der Waals surface area (Å²) in [7, 11) is 0. The zero-order valence-electron chi connectivity index (χ0n) is 11.6. The Morgan fingerprint density at radius 2 is 1.94 bits per heavy atom. The van der Waals surface area contributed by atoms with Crippen LogP contribution in [0.4, 0.5) is 0 Å². The topological polar surface area (TPSA) is 24.4 Å². The van der Waals surface area contributed by atoms with E-state index in [1.807, 2.05) is 11.8 Å². The van der Waals surface area contributed by atoms with Crippen LogP contribution in [-0.4, -0.2) is 22.5 Å². The van der Waals surface area contributed by atoms with Crippen LogP contribution in [0.5, 0.6) is 0 Å². The normalized spacial score (nSPS) is 37.9. The second-order valence-corrected chi connectivity index (χ2v) is 7.57. The Morgan fingerprint density at radius 3 is 2.78 bits per heavy atom. The highest BCUT2D eigenvalue weighted by molar-refractivity contribution is 8.14. The van der Waals surface area contributed by atoms with Crippen molar-refractivity contribution in [2.45, 2.75) is 76.3 Å². The standard InChI is InChI=1S/C15H26N2S/c1-12-5-4-6-13(8-7-12)16-14-17-15(11-18-14)9-2-3-10-15/h12-13H,2-11H2,1H3,(H,16,17). The molecule has 1 saturated heterocycles. The largest absolute Gasteiger partial charge is 0.359 e. The molecular weight excluding hydrogens is 240 g/mol. The van der Waals surface area contributed by atoms with Gasteiger partial charge in [0, 0.05) is 11.3 Å². The first kappa shape index (κ1) is 12.8. The monoisotopic (exact) mass is 266 g/mol. The number of aliphatic imine (C=N–C) groups is 1. The molecule has 2 saturated carbocycles. The van der Waals surface area contributed by atoms with Crippen molar-refractivity contribution in [2.24, 2.45) is 10.9 Å². The minimum atomic E-state index is 0.432. The van der Waals surface area contributed by atoms with Gasteiger partial charge in [-0.3, -0.25) is 4.99 Å². The van der Waals surface area contributed by atoms with E-state index in [-0.39, 0.29) is 0 Å². The molecule has 2 unspecified atom stereocenters. The molecule has 3 heteroatoms. The van der Waals surface area contributed by atoms with Crippen molar-refractivity contribution in [3.63, 3.8) is 0 Å². The average molecular weight is 266 g/mol. The van der Waals surface area contributed by atoms with Crippen LogP contribution in [0.15, 0.2) is 4.99 Å². The summed E-state index contributed by atoms with van der Waals surface area (Å²) in [4.78, 5) is 5.02. The van der Waals surface area contributed by atoms with Crippen LogP contribution in [0.25, 0.3) is 0 Å². The third-order valence-corrected chi connectivity index (χ3v) is 6.12. The zero-order valence-corrected chi connectivity index (χ0v) is 12.4. The molecule has 3 aliphatic rings. The van der Waals surface area contributed by atoms with Gasteiger partial charge in [-0.15, -0.1) is 0 Å². The van der Waals surface area contributed by atoms with Gasteiger partial charge >= 0.3 is 0 Å². The molecule has 1 heterocycles. The minimum Gasteiger partial charge on any atom is -0.359 e. The third kappa shape index (κ3) is 2.87. The summed E-state index contributed by atoms with van der Waals surface area (Å²) in [5.41, 5.74) is 0.432. The van der Waals surface area contributed by atoms with Crippen molar-refractivity contribution in [3.8, 4) is 0 Å². The number of amidine groups is 1. The Morgan fingerprint density at radius 1 is 1.11 bits per heavy atom. The maximum atomic E-state index is 5.02. The molecule has 0 aromatic rings. The van der Waals surface area contributed by atoms with Gasteiger partial charge in [0.05, 0.1) is 6.04 Å². The molecule has 3 fully saturated rings. The predicted molar refractivity (Wildman–Crippen MR) is 80.3 cm³/mol. The van der Waals surface area contributed by atoms with Gasteiger partial charge in [0.1, 0.15) is 0 Å². The summed E-state index contributed by atoms with van der Waals surface area (Å²) in [5.74, 6) is 2.18. The van der Waals surface area contributed by atoms with Crippen molar-refractivity contribution in [1.29, 1.82) is 0 Å². The molecule has 1 N–H and O–H groups in total.